The highest BCUT2D eigenvalue weighted by Gasteiger charge is 2.25. The lowest BCUT2D eigenvalue weighted by Crippen LogP contribution is -2.45. The van der Waals surface area contributed by atoms with E-state index in [1.807, 2.05) is 0 Å². The van der Waals surface area contributed by atoms with Crippen LogP contribution in [0.1, 0.15) is 16.1 Å². The molecule has 3 rings (SSSR count). The van der Waals surface area contributed by atoms with Gasteiger partial charge in [0.1, 0.15) is 12.6 Å². The Balaban J connectivity index is 1.66. The second-order valence-electron chi connectivity index (χ2n) is 6.36. The summed E-state index contributed by atoms with van der Waals surface area (Å²) in [5.74, 6) is -2.66. The van der Waals surface area contributed by atoms with Crippen LogP contribution in [0.4, 0.5) is 11.4 Å². The quantitative estimate of drug-likeness (QED) is 0.591. The van der Waals surface area contributed by atoms with Crippen LogP contribution in [-0.4, -0.2) is 54.6 Å². The maximum absolute atomic E-state index is 12.6. The number of carbonyl (C=O) groups is 4. The highest BCUT2D eigenvalue weighted by molar-refractivity contribution is 7.18. The Morgan fingerprint density at radius 2 is 1.93 bits per heavy atom. The number of thiophene rings is 1. The third-order valence-corrected chi connectivity index (χ3v) is 5.46. The molecule has 1 saturated heterocycles. The van der Waals surface area contributed by atoms with E-state index in [2.05, 4.69) is 10.6 Å². The Hall–Kier alpha value is -2.95. The third-order valence-electron chi connectivity index (χ3n) is 4.23. The summed E-state index contributed by atoms with van der Waals surface area (Å²) in [5, 5.41) is 14.1. The van der Waals surface area contributed by atoms with E-state index in [4.69, 9.17) is 21.4 Å². The Kier molecular flexibility index (Phi) is 7.03. The van der Waals surface area contributed by atoms with Crippen LogP contribution in [0, 0.1) is 0 Å². The first kappa shape index (κ1) is 21.8. The van der Waals surface area contributed by atoms with E-state index in [0.29, 0.717) is 28.9 Å². The van der Waals surface area contributed by atoms with Crippen LogP contribution >= 0.6 is 22.9 Å². The van der Waals surface area contributed by atoms with Crippen LogP contribution in [0.2, 0.25) is 4.34 Å². The van der Waals surface area contributed by atoms with E-state index >= 15 is 0 Å². The Morgan fingerprint density at radius 1 is 1.20 bits per heavy atom. The zero-order chi connectivity index (χ0) is 21.7. The molecule has 1 aromatic heterocycles. The number of nitrogens with zero attached hydrogens (tertiary/aromatic N) is 1. The third kappa shape index (κ3) is 5.56. The summed E-state index contributed by atoms with van der Waals surface area (Å²) in [6.45, 7) is 0.894. The van der Waals surface area contributed by atoms with Crippen molar-refractivity contribution in [3.05, 3.63) is 45.6 Å². The molecule has 30 heavy (non-hydrogen) atoms. The number of carboxylic acids is 1. The van der Waals surface area contributed by atoms with Crippen molar-refractivity contribution < 1.29 is 29.0 Å². The van der Waals surface area contributed by atoms with Gasteiger partial charge in [-0.2, -0.15) is 0 Å². The van der Waals surface area contributed by atoms with Crippen LogP contribution in [0.3, 0.4) is 0 Å². The molecular formula is C19H18ClN3O6S. The van der Waals surface area contributed by atoms with Gasteiger partial charge >= 0.3 is 5.97 Å². The second kappa shape index (κ2) is 9.70. The normalized spacial score (nSPS) is 14.8. The SMILES string of the molecule is O=C(O)C[C@H](NC(=O)c1ccc(Cl)s1)C(=O)Nc1ccc(N2CCOCC2=O)cc1. The maximum Gasteiger partial charge on any atom is 0.305 e. The number of halogens is 1. The first-order chi connectivity index (χ1) is 14.3. The molecule has 2 aromatic rings. The largest absolute Gasteiger partial charge is 0.481 e. The molecular weight excluding hydrogens is 434 g/mol. The first-order valence-corrected chi connectivity index (χ1v) is 10.1. The number of hydrogen-bond acceptors (Lipinski definition) is 6. The minimum atomic E-state index is -1.28. The van der Waals surface area contributed by atoms with Crippen LogP contribution < -0.4 is 15.5 Å². The summed E-state index contributed by atoms with van der Waals surface area (Å²) in [7, 11) is 0. The summed E-state index contributed by atoms with van der Waals surface area (Å²) in [4.78, 5) is 49.7. The van der Waals surface area contributed by atoms with E-state index in [1.54, 1.807) is 29.2 Å². The second-order valence-corrected chi connectivity index (χ2v) is 8.08. The minimum Gasteiger partial charge on any atom is -0.481 e. The van der Waals surface area contributed by atoms with Crippen LogP contribution in [0.5, 0.6) is 0 Å². The molecule has 1 atom stereocenters. The predicted molar refractivity (Wildman–Crippen MR) is 111 cm³/mol. The molecule has 0 unspecified atom stereocenters. The highest BCUT2D eigenvalue weighted by Crippen LogP contribution is 2.22. The number of anilines is 2. The van der Waals surface area contributed by atoms with Gasteiger partial charge in [-0.05, 0) is 36.4 Å². The van der Waals surface area contributed by atoms with Gasteiger partial charge in [0.05, 0.1) is 22.2 Å². The number of carboxylic acid groups (broad SMARTS) is 1. The van der Waals surface area contributed by atoms with Gasteiger partial charge in [-0.1, -0.05) is 11.6 Å². The molecule has 3 N–H and O–H groups in total. The number of hydrogen-bond donors (Lipinski definition) is 3. The molecule has 2 heterocycles. The molecule has 158 valence electrons. The van der Waals surface area contributed by atoms with Crippen molar-refractivity contribution in [2.24, 2.45) is 0 Å². The van der Waals surface area contributed by atoms with Crippen molar-refractivity contribution in [1.82, 2.24) is 5.32 Å². The number of aliphatic carboxylic acids is 1. The number of ether oxygens (including phenoxy) is 1. The first-order valence-electron chi connectivity index (χ1n) is 8.90. The van der Waals surface area contributed by atoms with Crippen molar-refractivity contribution in [1.29, 1.82) is 0 Å². The zero-order valence-corrected chi connectivity index (χ0v) is 17.2. The number of nitrogens with one attached hydrogen (secondary N) is 2. The number of amides is 3. The summed E-state index contributed by atoms with van der Waals surface area (Å²) >= 11 is 6.83. The van der Waals surface area contributed by atoms with Gasteiger partial charge in [0, 0.05) is 17.9 Å². The van der Waals surface area contributed by atoms with Crippen molar-refractivity contribution in [3.63, 3.8) is 0 Å². The van der Waals surface area contributed by atoms with Crippen molar-refractivity contribution >= 4 is 58.0 Å². The topological polar surface area (TPSA) is 125 Å². The minimum absolute atomic E-state index is 0.0184. The highest BCUT2D eigenvalue weighted by atomic mass is 35.5. The number of benzene rings is 1. The molecule has 3 amide bonds. The van der Waals surface area contributed by atoms with Gasteiger partial charge in [-0.15, -0.1) is 11.3 Å². The fraction of sp³-hybridized carbons (Fsp3) is 0.263. The van der Waals surface area contributed by atoms with Gasteiger partial charge in [-0.25, -0.2) is 0 Å². The van der Waals surface area contributed by atoms with E-state index in [0.717, 1.165) is 11.3 Å². The van der Waals surface area contributed by atoms with Crippen molar-refractivity contribution in [2.45, 2.75) is 12.5 Å². The molecule has 9 nitrogen and oxygen atoms in total. The van der Waals surface area contributed by atoms with Gasteiger partial charge in [0.15, 0.2) is 0 Å². The molecule has 1 aliphatic heterocycles. The van der Waals surface area contributed by atoms with Crippen molar-refractivity contribution in [2.75, 3.05) is 30.0 Å². The molecule has 0 spiro atoms. The van der Waals surface area contributed by atoms with Crippen LogP contribution in [0.25, 0.3) is 0 Å². The molecule has 11 heteroatoms. The molecule has 1 aromatic carbocycles. The average molecular weight is 452 g/mol. The van der Waals surface area contributed by atoms with Gasteiger partial charge < -0.3 is 25.4 Å². The zero-order valence-electron chi connectivity index (χ0n) is 15.6. The fourth-order valence-electron chi connectivity index (χ4n) is 2.79. The molecule has 1 aliphatic rings. The Morgan fingerprint density at radius 3 is 2.53 bits per heavy atom. The Bertz CT molecular complexity index is 961. The molecule has 1 fully saturated rings. The number of rotatable bonds is 7. The number of morpholine rings is 1. The number of carbonyl (C=O) groups excluding carboxylic acids is 3. The standard InChI is InChI=1S/C19H18ClN3O6S/c20-15-6-5-14(30-15)19(28)22-13(9-17(25)26)18(27)21-11-1-3-12(4-2-11)23-7-8-29-10-16(23)24/h1-6,13H,7-10H2,(H,21,27)(H,22,28)(H,25,26)/t13-/m0/s1. The van der Waals surface area contributed by atoms with E-state index in [-0.39, 0.29) is 17.4 Å². The van der Waals surface area contributed by atoms with Crippen molar-refractivity contribution in [3.8, 4) is 0 Å². The fourth-order valence-corrected chi connectivity index (χ4v) is 3.74. The molecule has 0 aliphatic carbocycles. The maximum atomic E-state index is 12.6. The summed E-state index contributed by atoms with van der Waals surface area (Å²) < 4.78 is 5.50. The lowest BCUT2D eigenvalue weighted by atomic mass is 10.1. The van der Waals surface area contributed by atoms with E-state index in [9.17, 15) is 19.2 Å². The summed E-state index contributed by atoms with van der Waals surface area (Å²) in [6, 6.07) is 8.26. The van der Waals surface area contributed by atoms with Crippen LogP contribution in [-0.2, 0) is 19.1 Å². The van der Waals surface area contributed by atoms with Gasteiger partial charge in [0.25, 0.3) is 11.8 Å². The van der Waals surface area contributed by atoms with Gasteiger partial charge in [0.2, 0.25) is 5.91 Å². The summed E-state index contributed by atoms with van der Waals surface area (Å²) in [6.07, 6.45) is -0.586. The molecule has 0 saturated carbocycles. The average Bonchev–Trinajstić information content (AvgIpc) is 3.15. The lowest BCUT2D eigenvalue weighted by molar-refractivity contribution is -0.139. The van der Waals surface area contributed by atoms with Crippen LogP contribution in [0.15, 0.2) is 36.4 Å². The van der Waals surface area contributed by atoms with E-state index < -0.39 is 30.2 Å². The Labute approximate surface area is 180 Å². The molecule has 0 radical (unpaired) electrons. The predicted octanol–water partition coefficient (Wildman–Crippen LogP) is 1.98. The van der Waals surface area contributed by atoms with Gasteiger partial charge in [-0.3, -0.25) is 19.2 Å². The monoisotopic (exact) mass is 451 g/mol. The summed E-state index contributed by atoms with van der Waals surface area (Å²) in [5.41, 5.74) is 1.06. The smallest absolute Gasteiger partial charge is 0.305 e. The molecule has 0 bridgehead atoms. The lowest BCUT2D eigenvalue weighted by Gasteiger charge is -2.27. The van der Waals surface area contributed by atoms with E-state index in [1.165, 1.54) is 12.1 Å².